The third kappa shape index (κ3) is 4.08. The molecule has 0 spiro atoms. The molecule has 0 N–H and O–H groups in total. The van der Waals surface area contributed by atoms with Gasteiger partial charge in [0.25, 0.3) is 0 Å². The first kappa shape index (κ1) is 22.8. The lowest BCUT2D eigenvalue weighted by atomic mass is 9.90. The van der Waals surface area contributed by atoms with Gasteiger partial charge in [-0.15, -0.1) is 0 Å². The maximum absolute atomic E-state index is 4.22. The van der Waals surface area contributed by atoms with Crippen molar-refractivity contribution in [3.63, 3.8) is 0 Å². The minimum Gasteiger partial charge on any atom is -0.310 e. The monoisotopic (exact) mass is 484 g/mol. The van der Waals surface area contributed by atoms with Crippen LogP contribution in [0.5, 0.6) is 0 Å². The molecule has 0 unspecified atom stereocenters. The summed E-state index contributed by atoms with van der Waals surface area (Å²) in [5.41, 5.74) is 7.86. The first-order valence-corrected chi connectivity index (χ1v) is 12.5. The molecule has 0 fully saturated rings. The Morgan fingerprint density at radius 1 is 0.730 bits per heavy atom. The van der Waals surface area contributed by atoms with Crippen LogP contribution in [0.25, 0.3) is 5.69 Å². The zero-order valence-corrected chi connectivity index (χ0v) is 21.4. The Labute approximate surface area is 218 Å². The van der Waals surface area contributed by atoms with E-state index >= 15 is 0 Å². The summed E-state index contributed by atoms with van der Waals surface area (Å²) >= 11 is 0. The van der Waals surface area contributed by atoms with Crippen molar-refractivity contribution < 1.29 is 4.58 Å². The number of fused-ring (bicyclic) bond motifs is 1. The minimum absolute atomic E-state index is 0.0888. The number of aromatic nitrogens is 2. The van der Waals surface area contributed by atoms with Gasteiger partial charge in [-0.25, -0.2) is 4.98 Å². The van der Waals surface area contributed by atoms with E-state index in [1.165, 1.54) is 11.3 Å². The Kier molecular flexibility index (Phi) is 5.61. The summed E-state index contributed by atoms with van der Waals surface area (Å²) in [4.78, 5) is 8.81. The molecule has 0 amide bonds. The van der Waals surface area contributed by atoms with Crippen LogP contribution in [0.1, 0.15) is 19.4 Å². The first-order valence-electron chi connectivity index (χ1n) is 12.5. The predicted molar refractivity (Wildman–Crippen MR) is 152 cm³/mol. The van der Waals surface area contributed by atoms with Gasteiger partial charge in [0, 0.05) is 41.1 Å². The van der Waals surface area contributed by atoms with Gasteiger partial charge in [0.15, 0.2) is 0 Å². The molecule has 6 rings (SSSR count). The fourth-order valence-electron chi connectivity index (χ4n) is 4.99. The lowest BCUT2D eigenvalue weighted by Crippen LogP contribution is -2.41. The van der Waals surface area contributed by atoms with Crippen LogP contribution in [0.4, 0.5) is 28.4 Å². The highest BCUT2D eigenvalue weighted by atomic mass is 15.3. The molecular formula is C32H30N5+. The normalized spacial score (nSPS) is 14.1. The molecule has 0 aliphatic carbocycles. The molecule has 182 valence electrons. The van der Waals surface area contributed by atoms with Crippen molar-refractivity contribution in [1.82, 2.24) is 9.55 Å². The second-order valence-electron chi connectivity index (χ2n) is 9.85. The van der Waals surface area contributed by atoms with Crippen LogP contribution >= 0.6 is 0 Å². The Bertz CT molecular complexity index is 1570. The Morgan fingerprint density at radius 3 is 2.11 bits per heavy atom. The molecular weight excluding hydrogens is 454 g/mol. The predicted octanol–water partition coefficient (Wildman–Crippen LogP) is 7.40. The van der Waals surface area contributed by atoms with Gasteiger partial charge in [-0.05, 0) is 62.4 Å². The van der Waals surface area contributed by atoms with Gasteiger partial charge >= 0.3 is 0 Å². The summed E-state index contributed by atoms with van der Waals surface area (Å²) in [7, 11) is 2.14. The number of benzene rings is 4. The van der Waals surface area contributed by atoms with Gasteiger partial charge in [0.2, 0.25) is 6.34 Å². The number of hydrogen-bond donors (Lipinski definition) is 0. The Morgan fingerprint density at radius 2 is 1.38 bits per heavy atom. The van der Waals surface area contributed by atoms with Gasteiger partial charge in [-0.2, -0.15) is 4.90 Å². The number of para-hydroxylation sites is 2. The molecule has 0 bridgehead atoms. The summed E-state index contributed by atoms with van der Waals surface area (Å²) in [5.74, 6) is 0. The van der Waals surface area contributed by atoms with E-state index in [1.807, 2.05) is 17.1 Å². The molecule has 37 heavy (non-hydrogen) atoms. The standard InChI is InChI=1S/C32H30N5/c1-32(2)30-17-7-8-18-31(30)36(24-34(32)3)27-14-10-16-29(22-27)37(25-11-5-4-6-12-25)28-15-9-13-26(21-28)35-20-19-33-23-35/h4-24H,1-3H3/q+1. The molecule has 1 aliphatic rings. The fourth-order valence-corrected chi connectivity index (χ4v) is 4.99. The van der Waals surface area contributed by atoms with E-state index in [4.69, 9.17) is 0 Å². The summed E-state index contributed by atoms with van der Waals surface area (Å²) in [6, 6.07) is 36.5. The van der Waals surface area contributed by atoms with Crippen LogP contribution in [0.2, 0.25) is 0 Å². The van der Waals surface area contributed by atoms with Gasteiger partial charge in [-0.1, -0.05) is 48.5 Å². The van der Waals surface area contributed by atoms with E-state index in [9.17, 15) is 0 Å². The van der Waals surface area contributed by atoms with E-state index < -0.39 is 0 Å². The highest BCUT2D eigenvalue weighted by Crippen LogP contribution is 2.41. The van der Waals surface area contributed by atoms with Crippen molar-refractivity contribution in [3.8, 4) is 5.69 Å². The second kappa shape index (κ2) is 9.10. The van der Waals surface area contributed by atoms with E-state index in [0.717, 1.165) is 28.4 Å². The number of rotatable bonds is 5. The fraction of sp³-hybridized carbons (Fsp3) is 0.125. The maximum atomic E-state index is 4.22. The topological polar surface area (TPSA) is 27.3 Å². The van der Waals surface area contributed by atoms with Crippen molar-refractivity contribution in [2.75, 3.05) is 16.8 Å². The van der Waals surface area contributed by atoms with Crippen LogP contribution in [0, 0.1) is 0 Å². The van der Waals surface area contributed by atoms with Gasteiger partial charge in [-0.3, -0.25) is 4.58 Å². The minimum atomic E-state index is -0.0888. The molecule has 1 aliphatic heterocycles. The average Bonchev–Trinajstić information content (AvgIpc) is 3.48. The summed E-state index contributed by atoms with van der Waals surface area (Å²) in [5, 5.41) is 0. The summed E-state index contributed by atoms with van der Waals surface area (Å²) < 4.78 is 4.31. The number of hydrogen-bond acceptors (Lipinski definition) is 3. The van der Waals surface area contributed by atoms with Crippen molar-refractivity contribution in [2.45, 2.75) is 19.4 Å². The highest BCUT2D eigenvalue weighted by molar-refractivity contribution is 5.91. The smallest absolute Gasteiger partial charge is 0.245 e. The van der Waals surface area contributed by atoms with Crippen molar-refractivity contribution in [2.24, 2.45) is 0 Å². The summed E-state index contributed by atoms with van der Waals surface area (Å²) in [6.45, 7) is 4.53. The molecule has 5 nitrogen and oxygen atoms in total. The molecule has 0 atom stereocenters. The molecule has 2 heterocycles. The third-order valence-electron chi connectivity index (χ3n) is 7.26. The van der Waals surface area contributed by atoms with Gasteiger partial charge in [0.05, 0.1) is 19.1 Å². The number of imidazole rings is 1. The Balaban J connectivity index is 1.48. The van der Waals surface area contributed by atoms with Crippen molar-refractivity contribution in [1.29, 1.82) is 0 Å². The molecule has 0 saturated carbocycles. The first-order chi connectivity index (χ1) is 18.0. The van der Waals surface area contributed by atoms with Crippen LogP contribution < -0.4 is 9.80 Å². The van der Waals surface area contributed by atoms with Crippen molar-refractivity contribution >= 4 is 34.8 Å². The Hall–Kier alpha value is -4.64. The van der Waals surface area contributed by atoms with E-state index in [0.29, 0.717) is 0 Å². The van der Waals surface area contributed by atoms with Gasteiger partial charge in [0.1, 0.15) is 16.9 Å². The SMILES string of the molecule is C[N+]1=CN(c2cccc(N(c3ccccc3)c3cccc(-n4ccnc4)c3)c2)c2ccccc2C1(C)C. The molecule has 1 aromatic heterocycles. The average molecular weight is 485 g/mol. The largest absolute Gasteiger partial charge is 0.310 e. The van der Waals surface area contributed by atoms with Crippen LogP contribution in [0.3, 0.4) is 0 Å². The summed E-state index contributed by atoms with van der Waals surface area (Å²) in [6.07, 6.45) is 7.80. The van der Waals surface area contributed by atoms with Crippen LogP contribution in [-0.2, 0) is 5.54 Å². The zero-order valence-electron chi connectivity index (χ0n) is 21.4. The lowest BCUT2D eigenvalue weighted by molar-refractivity contribution is -0.582. The van der Waals surface area contributed by atoms with E-state index in [1.54, 1.807) is 6.20 Å². The second-order valence-corrected chi connectivity index (χ2v) is 9.85. The molecule has 5 aromatic rings. The van der Waals surface area contributed by atoms with Crippen LogP contribution in [-0.4, -0.2) is 27.5 Å². The zero-order chi connectivity index (χ0) is 25.4. The van der Waals surface area contributed by atoms with Crippen LogP contribution in [0.15, 0.2) is 122 Å². The quantitative estimate of drug-likeness (QED) is 0.243. The maximum Gasteiger partial charge on any atom is 0.245 e. The molecule has 5 heteroatoms. The van der Waals surface area contributed by atoms with E-state index in [2.05, 4.69) is 150 Å². The number of nitrogens with zero attached hydrogens (tertiary/aromatic N) is 5. The van der Waals surface area contributed by atoms with Crippen molar-refractivity contribution in [3.05, 3.63) is 127 Å². The third-order valence-corrected chi connectivity index (χ3v) is 7.26. The molecule has 4 aromatic carbocycles. The molecule has 0 saturated heterocycles. The molecule has 0 radical (unpaired) electrons. The lowest BCUT2D eigenvalue weighted by Gasteiger charge is -2.33. The number of anilines is 5. The van der Waals surface area contributed by atoms with E-state index in [-0.39, 0.29) is 5.54 Å². The highest BCUT2D eigenvalue weighted by Gasteiger charge is 2.37. The van der Waals surface area contributed by atoms with Gasteiger partial charge < -0.3 is 9.47 Å².